The highest BCUT2D eigenvalue weighted by atomic mass is 16.5. The summed E-state index contributed by atoms with van der Waals surface area (Å²) in [6.07, 6.45) is 4.38. The molecule has 0 radical (unpaired) electrons. The molecule has 0 bridgehead atoms. The summed E-state index contributed by atoms with van der Waals surface area (Å²) in [5, 5.41) is 0. The zero-order valence-corrected chi connectivity index (χ0v) is 11.5. The number of anilines is 1. The molecular formula is C15H16N4O. The number of nitrogens with zero attached hydrogens (tertiary/aromatic N) is 3. The lowest BCUT2D eigenvalue weighted by Gasteiger charge is -2.09. The van der Waals surface area contributed by atoms with Crippen LogP contribution in [0, 0.1) is 0 Å². The molecule has 0 fully saturated rings. The minimum atomic E-state index is 0.483. The van der Waals surface area contributed by atoms with Gasteiger partial charge in [0.1, 0.15) is 11.3 Å². The third-order valence-corrected chi connectivity index (χ3v) is 3.44. The highest BCUT2D eigenvalue weighted by Gasteiger charge is 2.14. The van der Waals surface area contributed by atoms with Crippen LogP contribution in [0.1, 0.15) is 11.1 Å². The molecule has 102 valence electrons. The Bertz CT molecular complexity index is 749. The lowest BCUT2D eigenvalue weighted by molar-refractivity contribution is 0.415. The Morgan fingerprint density at radius 3 is 2.85 bits per heavy atom. The molecule has 0 unspecified atom stereocenters. The van der Waals surface area contributed by atoms with E-state index in [0.29, 0.717) is 5.95 Å². The number of nitrogens with two attached hydrogens (primary N) is 1. The van der Waals surface area contributed by atoms with Crippen LogP contribution in [-0.4, -0.2) is 21.6 Å². The SMILES string of the molecule is COc1c(Cc2cccnc2)ccc2c1nc(N)n2C. The fourth-order valence-electron chi connectivity index (χ4n) is 2.38. The van der Waals surface area contributed by atoms with Crippen LogP contribution < -0.4 is 10.5 Å². The summed E-state index contributed by atoms with van der Waals surface area (Å²) in [5.74, 6) is 1.26. The van der Waals surface area contributed by atoms with E-state index in [4.69, 9.17) is 10.5 Å². The number of benzene rings is 1. The molecule has 0 aliphatic heterocycles. The molecule has 5 heteroatoms. The Kier molecular flexibility index (Phi) is 3.02. The highest BCUT2D eigenvalue weighted by molar-refractivity contribution is 5.86. The molecule has 2 heterocycles. The van der Waals surface area contributed by atoms with E-state index in [-0.39, 0.29) is 0 Å². The van der Waals surface area contributed by atoms with Crippen molar-refractivity contribution in [1.82, 2.24) is 14.5 Å². The van der Waals surface area contributed by atoms with Crippen molar-refractivity contribution in [3.8, 4) is 5.75 Å². The molecule has 5 nitrogen and oxygen atoms in total. The second kappa shape index (κ2) is 4.85. The lowest BCUT2D eigenvalue weighted by atomic mass is 10.0. The van der Waals surface area contributed by atoms with Crippen LogP contribution in [0.4, 0.5) is 5.95 Å². The number of hydrogen-bond donors (Lipinski definition) is 1. The Balaban J connectivity index is 2.12. The zero-order valence-electron chi connectivity index (χ0n) is 11.5. The summed E-state index contributed by atoms with van der Waals surface area (Å²) in [4.78, 5) is 8.52. The number of aromatic nitrogens is 3. The van der Waals surface area contributed by atoms with Crippen LogP contribution in [0.2, 0.25) is 0 Å². The summed E-state index contributed by atoms with van der Waals surface area (Å²) >= 11 is 0. The Labute approximate surface area is 117 Å². The third-order valence-electron chi connectivity index (χ3n) is 3.44. The molecule has 0 amide bonds. The van der Waals surface area contributed by atoms with Gasteiger partial charge in [0.05, 0.1) is 12.6 Å². The van der Waals surface area contributed by atoms with Crippen molar-refractivity contribution in [2.45, 2.75) is 6.42 Å². The van der Waals surface area contributed by atoms with E-state index in [0.717, 1.165) is 34.3 Å². The molecule has 0 saturated heterocycles. The quantitative estimate of drug-likeness (QED) is 0.790. The van der Waals surface area contributed by atoms with Crippen molar-refractivity contribution in [3.05, 3.63) is 47.8 Å². The van der Waals surface area contributed by atoms with Gasteiger partial charge in [-0.25, -0.2) is 4.98 Å². The van der Waals surface area contributed by atoms with Crippen LogP contribution in [-0.2, 0) is 13.5 Å². The van der Waals surface area contributed by atoms with Crippen molar-refractivity contribution < 1.29 is 4.74 Å². The summed E-state index contributed by atoms with van der Waals surface area (Å²) < 4.78 is 7.40. The van der Waals surface area contributed by atoms with Gasteiger partial charge < -0.3 is 15.0 Å². The van der Waals surface area contributed by atoms with Crippen LogP contribution in [0.15, 0.2) is 36.7 Å². The van der Waals surface area contributed by atoms with Gasteiger partial charge in [0.25, 0.3) is 0 Å². The molecule has 0 saturated carbocycles. The van der Waals surface area contributed by atoms with E-state index in [2.05, 4.69) is 16.0 Å². The van der Waals surface area contributed by atoms with Gasteiger partial charge in [-0.3, -0.25) is 4.98 Å². The first-order valence-corrected chi connectivity index (χ1v) is 6.37. The Hall–Kier alpha value is -2.56. The predicted octanol–water partition coefficient (Wildman–Crippen LogP) is 2.15. The van der Waals surface area contributed by atoms with Crippen molar-refractivity contribution in [2.75, 3.05) is 12.8 Å². The van der Waals surface area contributed by atoms with Crippen molar-refractivity contribution in [3.63, 3.8) is 0 Å². The minimum absolute atomic E-state index is 0.483. The Morgan fingerprint density at radius 1 is 1.30 bits per heavy atom. The average Bonchev–Trinajstić information content (AvgIpc) is 2.75. The second-order valence-corrected chi connectivity index (χ2v) is 4.69. The summed E-state index contributed by atoms with van der Waals surface area (Å²) in [5.41, 5.74) is 9.84. The van der Waals surface area contributed by atoms with Gasteiger partial charge in [0.15, 0.2) is 0 Å². The number of rotatable bonds is 3. The predicted molar refractivity (Wildman–Crippen MR) is 78.7 cm³/mol. The number of pyridine rings is 1. The van der Waals surface area contributed by atoms with Gasteiger partial charge in [-0.15, -0.1) is 0 Å². The Morgan fingerprint density at radius 2 is 2.15 bits per heavy atom. The number of fused-ring (bicyclic) bond motifs is 1. The summed E-state index contributed by atoms with van der Waals surface area (Å²) in [7, 11) is 3.55. The lowest BCUT2D eigenvalue weighted by Crippen LogP contribution is -1.97. The highest BCUT2D eigenvalue weighted by Crippen LogP contribution is 2.31. The maximum Gasteiger partial charge on any atom is 0.201 e. The standard InChI is InChI=1S/C15H16N4O/c1-19-12-6-5-11(8-10-4-3-7-17-9-10)14(20-2)13(12)18-15(19)16/h3-7,9H,8H2,1-2H3,(H2,16,18). The number of nitrogen functional groups attached to an aromatic ring is 1. The smallest absolute Gasteiger partial charge is 0.201 e. The molecule has 0 atom stereocenters. The topological polar surface area (TPSA) is 66.0 Å². The molecule has 2 aromatic heterocycles. The van der Waals surface area contributed by atoms with Gasteiger partial charge in [-0.1, -0.05) is 12.1 Å². The molecule has 0 aliphatic carbocycles. The largest absolute Gasteiger partial charge is 0.494 e. The molecule has 0 spiro atoms. The number of imidazole rings is 1. The third kappa shape index (κ3) is 1.97. The van der Waals surface area contributed by atoms with Gasteiger partial charge in [0.2, 0.25) is 5.95 Å². The van der Waals surface area contributed by atoms with Gasteiger partial charge in [-0.05, 0) is 17.7 Å². The number of hydrogen-bond acceptors (Lipinski definition) is 4. The molecule has 1 aromatic carbocycles. The first-order valence-electron chi connectivity index (χ1n) is 6.37. The van der Waals surface area contributed by atoms with Crippen LogP contribution >= 0.6 is 0 Å². The van der Waals surface area contributed by atoms with Crippen molar-refractivity contribution in [1.29, 1.82) is 0 Å². The van der Waals surface area contributed by atoms with E-state index in [1.807, 2.05) is 36.0 Å². The molecule has 20 heavy (non-hydrogen) atoms. The molecule has 2 N–H and O–H groups in total. The van der Waals surface area contributed by atoms with E-state index >= 15 is 0 Å². The first kappa shape index (κ1) is 12.5. The van der Waals surface area contributed by atoms with E-state index in [1.165, 1.54) is 0 Å². The van der Waals surface area contributed by atoms with Crippen molar-refractivity contribution >= 4 is 17.0 Å². The van der Waals surface area contributed by atoms with E-state index < -0.39 is 0 Å². The maximum atomic E-state index is 5.87. The zero-order chi connectivity index (χ0) is 14.1. The monoisotopic (exact) mass is 268 g/mol. The molecule has 0 aliphatic rings. The van der Waals surface area contributed by atoms with Crippen LogP contribution in [0.25, 0.3) is 11.0 Å². The minimum Gasteiger partial charge on any atom is -0.494 e. The molecular weight excluding hydrogens is 252 g/mol. The van der Waals surface area contributed by atoms with Gasteiger partial charge in [0, 0.05) is 31.4 Å². The van der Waals surface area contributed by atoms with Gasteiger partial charge in [-0.2, -0.15) is 0 Å². The van der Waals surface area contributed by atoms with E-state index in [9.17, 15) is 0 Å². The average molecular weight is 268 g/mol. The number of methoxy groups -OCH3 is 1. The second-order valence-electron chi connectivity index (χ2n) is 4.69. The van der Waals surface area contributed by atoms with Crippen molar-refractivity contribution in [2.24, 2.45) is 7.05 Å². The molecule has 3 aromatic rings. The fourth-order valence-corrected chi connectivity index (χ4v) is 2.38. The van der Waals surface area contributed by atoms with Crippen LogP contribution in [0.5, 0.6) is 5.75 Å². The summed E-state index contributed by atoms with van der Waals surface area (Å²) in [6.45, 7) is 0. The normalized spacial score (nSPS) is 10.9. The fraction of sp³-hybridized carbons (Fsp3) is 0.200. The number of aryl methyl sites for hydroxylation is 1. The molecule has 3 rings (SSSR count). The summed E-state index contributed by atoms with van der Waals surface area (Å²) in [6, 6.07) is 8.05. The van der Waals surface area contributed by atoms with Gasteiger partial charge >= 0.3 is 0 Å². The first-order chi connectivity index (χ1) is 9.70. The maximum absolute atomic E-state index is 5.87. The van der Waals surface area contributed by atoms with E-state index in [1.54, 1.807) is 13.3 Å². The van der Waals surface area contributed by atoms with Crippen LogP contribution in [0.3, 0.4) is 0 Å². The number of ether oxygens (including phenoxy) is 1.